The standard InChI is InChI=1S/C23H24N4O3S2/c1-30-19-7-5-17(6-8-19)20(28)16-32-23-25-18(15-31-23)14-22(29)27-12-10-26(11-13-27)21-4-2-3-9-24-21/h2-9,15H,10-14,16H2,1H3. The molecule has 1 aromatic carbocycles. The molecule has 166 valence electrons. The molecular weight excluding hydrogens is 444 g/mol. The van der Waals surface area contributed by atoms with Gasteiger partial charge in [-0.1, -0.05) is 17.8 Å². The van der Waals surface area contributed by atoms with Gasteiger partial charge < -0.3 is 14.5 Å². The second-order valence-electron chi connectivity index (χ2n) is 7.28. The van der Waals surface area contributed by atoms with Crippen molar-refractivity contribution in [2.45, 2.75) is 10.8 Å². The molecule has 0 atom stereocenters. The average Bonchev–Trinajstić information content (AvgIpc) is 3.30. The summed E-state index contributed by atoms with van der Waals surface area (Å²) in [5.41, 5.74) is 1.40. The number of hydrogen-bond acceptors (Lipinski definition) is 8. The Morgan fingerprint density at radius 2 is 1.88 bits per heavy atom. The number of nitrogens with zero attached hydrogens (tertiary/aromatic N) is 4. The maximum atomic E-state index is 12.7. The molecule has 0 spiro atoms. The number of pyridine rings is 1. The van der Waals surface area contributed by atoms with Crippen molar-refractivity contribution >= 4 is 40.6 Å². The van der Waals surface area contributed by atoms with Gasteiger partial charge in [0.15, 0.2) is 10.1 Å². The number of hydrogen-bond donors (Lipinski definition) is 0. The first-order valence-electron chi connectivity index (χ1n) is 10.3. The van der Waals surface area contributed by atoms with Gasteiger partial charge in [0.1, 0.15) is 11.6 Å². The molecule has 0 radical (unpaired) electrons. The fourth-order valence-corrected chi connectivity index (χ4v) is 5.16. The maximum absolute atomic E-state index is 12.7. The molecule has 1 aliphatic heterocycles. The Balaban J connectivity index is 1.24. The molecule has 0 unspecified atom stereocenters. The number of anilines is 1. The van der Waals surface area contributed by atoms with E-state index in [2.05, 4.69) is 14.9 Å². The summed E-state index contributed by atoms with van der Waals surface area (Å²) in [6, 6.07) is 13.0. The maximum Gasteiger partial charge on any atom is 0.228 e. The zero-order valence-electron chi connectivity index (χ0n) is 17.8. The monoisotopic (exact) mass is 468 g/mol. The lowest BCUT2D eigenvalue weighted by molar-refractivity contribution is -0.130. The molecule has 0 N–H and O–H groups in total. The number of methoxy groups -OCH3 is 1. The Bertz CT molecular complexity index is 1050. The second-order valence-corrected chi connectivity index (χ2v) is 9.36. The predicted octanol–water partition coefficient (Wildman–Crippen LogP) is 3.41. The number of piperazine rings is 1. The lowest BCUT2D eigenvalue weighted by atomic mass is 10.1. The molecule has 2 aromatic heterocycles. The van der Waals surface area contributed by atoms with E-state index in [-0.39, 0.29) is 18.1 Å². The minimum absolute atomic E-state index is 0.0382. The van der Waals surface area contributed by atoms with E-state index in [0.717, 1.165) is 34.7 Å². The fourth-order valence-electron chi connectivity index (χ4n) is 3.42. The van der Waals surface area contributed by atoms with E-state index in [4.69, 9.17) is 4.74 Å². The molecule has 0 aliphatic carbocycles. The molecule has 1 aliphatic rings. The zero-order valence-corrected chi connectivity index (χ0v) is 19.4. The minimum atomic E-state index is 0.0382. The molecule has 3 aromatic rings. The third-order valence-corrected chi connectivity index (χ3v) is 7.28. The second kappa shape index (κ2) is 10.6. The van der Waals surface area contributed by atoms with Gasteiger partial charge in [0.05, 0.1) is 25.0 Å². The number of thioether (sulfide) groups is 1. The lowest BCUT2D eigenvalue weighted by Gasteiger charge is -2.35. The van der Waals surface area contributed by atoms with Crippen LogP contribution in [0.4, 0.5) is 5.82 Å². The van der Waals surface area contributed by atoms with Gasteiger partial charge in [-0.3, -0.25) is 9.59 Å². The van der Waals surface area contributed by atoms with E-state index in [9.17, 15) is 9.59 Å². The van der Waals surface area contributed by atoms with Gasteiger partial charge in [-0.2, -0.15) is 0 Å². The van der Waals surface area contributed by atoms with E-state index in [1.54, 1.807) is 37.6 Å². The smallest absolute Gasteiger partial charge is 0.228 e. The molecule has 7 nitrogen and oxygen atoms in total. The van der Waals surface area contributed by atoms with Crippen LogP contribution in [0.1, 0.15) is 16.1 Å². The Labute approximate surface area is 195 Å². The van der Waals surface area contributed by atoms with E-state index in [1.165, 1.54) is 23.1 Å². The summed E-state index contributed by atoms with van der Waals surface area (Å²) >= 11 is 2.87. The van der Waals surface area contributed by atoms with Crippen LogP contribution in [-0.2, 0) is 11.2 Å². The third kappa shape index (κ3) is 5.66. The summed E-state index contributed by atoms with van der Waals surface area (Å²) in [5.74, 6) is 2.10. The van der Waals surface area contributed by atoms with E-state index in [0.29, 0.717) is 24.4 Å². The number of carbonyl (C=O) groups excluding carboxylic acids is 2. The average molecular weight is 469 g/mol. The number of benzene rings is 1. The van der Waals surface area contributed by atoms with Crippen LogP contribution in [0.3, 0.4) is 0 Å². The highest BCUT2D eigenvalue weighted by atomic mass is 32.2. The summed E-state index contributed by atoms with van der Waals surface area (Å²) in [5, 5.41) is 1.90. The number of carbonyl (C=O) groups is 2. The van der Waals surface area contributed by atoms with Crippen molar-refractivity contribution in [3.8, 4) is 5.75 Å². The number of ether oxygens (including phenoxy) is 1. The number of rotatable bonds is 8. The topological polar surface area (TPSA) is 75.6 Å². The minimum Gasteiger partial charge on any atom is -0.497 e. The van der Waals surface area contributed by atoms with Crippen LogP contribution in [-0.4, -0.2) is 65.6 Å². The lowest BCUT2D eigenvalue weighted by Crippen LogP contribution is -2.49. The van der Waals surface area contributed by atoms with Gasteiger partial charge in [0.2, 0.25) is 5.91 Å². The molecule has 3 heterocycles. The van der Waals surface area contributed by atoms with Crippen LogP contribution in [0.2, 0.25) is 0 Å². The van der Waals surface area contributed by atoms with Crippen molar-refractivity contribution in [3.05, 3.63) is 65.3 Å². The van der Waals surface area contributed by atoms with Crippen molar-refractivity contribution < 1.29 is 14.3 Å². The van der Waals surface area contributed by atoms with Gasteiger partial charge >= 0.3 is 0 Å². The van der Waals surface area contributed by atoms with Gasteiger partial charge in [0.25, 0.3) is 0 Å². The van der Waals surface area contributed by atoms with Crippen molar-refractivity contribution in [2.24, 2.45) is 0 Å². The zero-order chi connectivity index (χ0) is 22.3. The third-order valence-electron chi connectivity index (χ3n) is 5.21. The van der Waals surface area contributed by atoms with E-state index >= 15 is 0 Å². The quantitative estimate of drug-likeness (QED) is 0.370. The Morgan fingerprint density at radius 3 is 2.56 bits per heavy atom. The van der Waals surface area contributed by atoms with E-state index < -0.39 is 0 Å². The molecule has 1 fully saturated rings. The molecule has 1 amide bonds. The first kappa shape index (κ1) is 22.3. The summed E-state index contributed by atoms with van der Waals surface area (Å²) in [7, 11) is 1.60. The van der Waals surface area contributed by atoms with Crippen LogP contribution in [0.25, 0.3) is 0 Å². The first-order chi connectivity index (χ1) is 15.6. The summed E-state index contributed by atoms with van der Waals surface area (Å²) < 4.78 is 5.92. The molecule has 4 rings (SSSR count). The largest absolute Gasteiger partial charge is 0.497 e. The Kier molecular flexibility index (Phi) is 7.39. The van der Waals surface area contributed by atoms with Crippen LogP contribution < -0.4 is 9.64 Å². The molecule has 9 heteroatoms. The highest BCUT2D eigenvalue weighted by Crippen LogP contribution is 2.24. The number of thiazole rings is 1. The van der Waals surface area contributed by atoms with Crippen LogP contribution >= 0.6 is 23.1 Å². The molecule has 1 saturated heterocycles. The van der Waals surface area contributed by atoms with Crippen molar-refractivity contribution in [1.82, 2.24) is 14.9 Å². The van der Waals surface area contributed by atoms with Gasteiger partial charge in [-0.05, 0) is 36.4 Å². The van der Waals surface area contributed by atoms with Crippen molar-refractivity contribution in [3.63, 3.8) is 0 Å². The Morgan fingerprint density at radius 1 is 1.09 bits per heavy atom. The van der Waals surface area contributed by atoms with Crippen molar-refractivity contribution in [1.29, 1.82) is 0 Å². The normalized spacial score (nSPS) is 13.8. The van der Waals surface area contributed by atoms with Gasteiger partial charge in [-0.15, -0.1) is 11.3 Å². The molecule has 0 saturated carbocycles. The van der Waals surface area contributed by atoms with Gasteiger partial charge in [0, 0.05) is 43.3 Å². The Hall–Kier alpha value is -2.91. The fraction of sp³-hybridized carbons (Fsp3) is 0.304. The van der Waals surface area contributed by atoms with Crippen molar-refractivity contribution in [2.75, 3.05) is 43.9 Å². The van der Waals surface area contributed by atoms with Crippen LogP contribution in [0, 0.1) is 0 Å². The summed E-state index contributed by atoms with van der Waals surface area (Å²) in [4.78, 5) is 38.1. The number of amides is 1. The highest BCUT2D eigenvalue weighted by Gasteiger charge is 2.22. The SMILES string of the molecule is COc1ccc(C(=O)CSc2nc(CC(=O)N3CCN(c4ccccn4)CC3)cs2)cc1. The number of ketones is 1. The summed E-state index contributed by atoms with van der Waals surface area (Å²) in [6.45, 7) is 2.90. The van der Waals surface area contributed by atoms with Crippen LogP contribution in [0.15, 0.2) is 58.4 Å². The molecule has 32 heavy (non-hydrogen) atoms. The van der Waals surface area contributed by atoms with Gasteiger partial charge in [-0.25, -0.2) is 9.97 Å². The number of Topliss-reactive ketones (excluding diaryl/α,β-unsaturated/α-hetero) is 1. The predicted molar refractivity (Wildman–Crippen MR) is 127 cm³/mol. The highest BCUT2D eigenvalue weighted by molar-refractivity contribution is 8.01. The number of aromatic nitrogens is 2. The first-order valence-corrected chi connectivity index (χ1v) is 12.2. The van der Waals surface area contributed by atoms with E-state index in [1.807, 2.05) is 28.5 Å². The molecule has 0 bridgehead atoms. The van der Waals surface area contributed by atoms with Crippen LogP contribution in [0.5, 0.6) is 5.75 Å². The summed E-state index contributed by atoms with van der Waals surface area (Å²) in [6.07, 6.45) is 2.07. The molecular formula is C23H24N4O3S2.